The van der Waals surface area contributed by atoms with E-state index in [2.05, 4.69) is 8.37 Å². The first-order valence-electron chi connectivity index (χ1n) is 3.91. The van der Waals surface area contributed by atoms with Crippen molar-refractivity contribution in [2.75, 3.05) is 6.61 Å². The second-order valence-electron chi connectivity index (χ2n) is 2.40. The van der Waals surface area contributed by atoms with Crippen LogP contribution in [0.5, 0.6) is 11.5 Å². The Hall–Kier alpha value is -0.270. The zero-order valence-electron chi connectivity index (χ0n) is 7.50. The molecule has 0 radical (unpaired) electrons. The van der Waals surface area contributed by atoms with Crippen LogP contribution in [0.25, 0.3) is 0 Å². The second-order valence-corrected chi connectivity index (χ2v) is 3.61. The Morgan fingerprint density at radius 1 is 1.40 bits per heavy atom. The van der Waals surface area contributed by atoms with Crippen LogP contribution >= 0.6 is 0 Å². The average Bonchev–Trinajstić information content (AvgIpc) is 2.02. The molecule has 0 aliphatic carbocycles. The molecule has 7 heteroatoms. The molecule has 0 fully saturated rings. The minimum absolute atomic E-state index is 0. The summed E-state index contributed by atoms with van der Waals surface area (Å²) in [7, 11) is -4.01. The van der Waals surface area contributed by atoms with Crippen LogP contribution in [0.15, 0.2) is 24.3 Å². The number of hydrogen-bond donors (Lipinski definition) is 1. The standard InChI is InChI=1S/C8H10O5S.Na.H/c1-2-12-14(10,11)13-8-5-3-4-7(9)6-8;;/h3-6,9H,2H2,1H3;;. The van der Waals surface area contributed by atoms with Crippen molar-refractivity contribution in [1.82, 2.24) is 0 Å². The molecule has 0 saturated heterocycles. The Bertz CT molecular complexity index is 403. The summed E-state index contributed by atoms with van der Waals surface area (Å²) in [5.41, 5.74) is 0. The fourth-order valence-electron chi connectivity index (χ4n) is 0.822. The number of phenolic OH excluding ortho intramolecular Hbond substituents is 1. The number of aromatic hydroxyl groups is 1. The van der Waals surface area contributed by atoms with Gasteiger partial charge in [-0.2, -0.15) is 8.42 Å². The molecule has 5 nitrogen and oxygen atoms in total. The van der Waals surface area contributed by atoms with E-state index >= 15 is 0 Å². The van der Waals surface area contributed by atoms with E-state index in [9.17, 15) is 8.42 Å². The molecule has 0 heterocycles. The van der Waals surface area contributed by atoms with Crippen molar-refractivity contribution < 1.29 is 21.9 Å². The van der Waals surface area contributed by atoms with E-state index in [0.29, 0.717) is 0 Å². The van der Waals surface area contributed by atoms with E-state index in [0.717, 1.165) is 0 Å². The maximum absolute atomic E-state index is 11.0. The Morgan fingerprint density at radius 2 is 2.07 bits per heavy atom. The quantitative estimate of drug-likeness (QED) is 0.774. The molecular formula is C8H11NaO5S. The van der Waals surface area contributed by atoms with Crippen molar-refractivity contribution in [3.8, 4) is 11.5 Å². The van der Waals surface area contributed by atoms with Crippen LogP contribution in [0.2, 0.25) is 0 Å². The van der Waals surface area contributed by atoms with Crippen molar-refractivity contribution in [2.45, 2.75) is 6.92 Å². The molecule has 0 aliphatic heterocycles. The van der Waals surface area contributed by atoms with Crippen molar-refractivity contribution >= 4 is 40.0 Å². The molecule has 0 saturated carbocycles. The van der Waals surface area contributed by atoms with Gasteiger partial charge in [0.1, 0.15) is 11.5 Å². The summed E-state index contributed by atoms with van der Waals surface area (Å²) in [4.78, 5) is 0. The van der Waals surface area contributed by atoms with Crippen LogP contribution in [-0.2, 0) is 14.6 Å². The van der Waals surface area contributed by atoms with E-state index < -0.39 is 10.4 Å². The Balaban J connectivity index is 0.00000196. The van der Waals surface area contributed by atoms with E-state index in [1.807, 2.05) is 0 Å². The average molecular weight is 242 g/mol. The van der Waals surface area contributed by atoms with Gasteiger partial charge in [-0.3, -0.25) is 0 Å². The molecule has 1 aromatic rings. The second kappa shape index (κ2) is 6.34. The van der Waals surface area contributed by atoms with Crippen LogP contribution < -0.4 is 4.18 Å². The SMILES string of the molecule is CCOS(=O)(=O)Oc1cccc(O)c1.[NaH]. The molecular weight excluding hydrogens is 231 g/mol. The summed E-state index contributed by atoms with van der Waals surface area (Å²) in [6.07, 6.45) is 0. The molecule has 0 bridgehead atoms. The summed E-state index contributed by atoms with van der Waals surface area (Å²) in [6, 6.07) is 5.44. The van der Waals surface area contributed by atoms with E-state index in [4.69, 9.17) is 5.11 Å². The third kappa shape index (κ3) is 5.39. The molecule has 0 amide bonds. The number of hydrogen-bond acceptors (Lipinski definition) is 5. The number of phenols is 1. The molecule has 0 aromatic heterocycles. The van der Waals surface area contributed by atoms with E-state index in [1.165, 1.54) is 31.2 Å². The number of rotatable bonds is 4. The topological polar surface area (TPSA) is 72.8 Å². The third-order valence-corrected chi connectivity index (χ3v) is 2.20. The molecule has 1 N–H and O–H groups in total. The molecule has 15 heavy (non-hydrogen) atoms. The van der Waals surface area contributed by atoms with Crippen molar-refractivity contribution in [3.05, 3.63) is 24.3 Å². The monoisotopic (exact) mass is 242 g/mol. The molecule has 1 aromatic carbocycles. The van der Waals surface area contributed by atoms with E-state index in [-0.39, 0.29) is 47.7 Å². The van der Waals surface area contributed by atoms with Crippen molar-refractivity contribution in [1.29, 1.82) is 0 Å². The van der Waals surface area contributed by atoms with Gasteiger partial charge in [0, 0.05) is 6.07 Å². The predicted octanol–water partition coefficient (Wildman–Crippen LogP) is 0.404. The first kappa shape index (κ1) is 14.7. The van der Waals surface area contributed by atoms with Gasteiger partial charge < -0.3 is 9.29 Å². The summed E-state index contributed by atoms with van der Waals surface area (Å²) in [6.45, 7) is 1.53. The first-order valence-corrected chi connectivity index (χ1v) is 5.24. The first-order chi connectivity index (χ1) is 6.53. The van der Waals surface area contributed by atoms with Crippen LogP contribution in [0.1, 0.15) is 6.92 Å². The van der Waals surface area contributed by atoms with Gasteiger partial charge in [-0.05, 0) is 19.1 Å². The van der Waals surface area contributed by atoms with Gasteiger partial charge >= 0.3 is 40.0 Å². The molecule has 80 valence electrons. The summed E-state index contributed by atoms with van der Waals surface area (Å²) in [5, 5.41) is 9.02. The maximum atomic E-state index is 11.0. The Morgan fingerprint density at radius 3 is 2.60 bits per heavy atom. The van der Waals surface area contributed by atoms with Crippen LogP contribution in [0.3, 0.4) is 0 Å². The van der Waals surface area contributed by atoms with Gasteiger partial charge in [0.2, 0.25) is 0 Å². The third-order valence-electron chi connectivity index (χ3n) is 1.28. The van der Waals surface area contributed by atoms with Gasteiger partial charge in [0.05, 0.1) is 6.61 Å². The van der Waals surface area contributed by atoms with E-state index in [1.54, 1.807) is 0 Å². The van der Waals surface area contributed by atoms with Crippen molar-refractivity contribution in [3.63, 3.8) is 0 Å². The Labute approximate surface area is 111 Å². The summed E-state index contributed by atoms with van der Waals surface area (Å²) >= 11 is 0. The van der Waals surface area contributed by atoms with Crippen molar-refractivity contribution in [2.24, 2.45) is 0 Å². The summed E-state index contributed by atoms with van der Waals surface area (Å²) in [5.74, 6) is -0.0624. The Kier molecular flexibility index (Phi) is 6.23. The summed E-state index contributed by atoms with van der Waals surface area (Å²) < 4.78 is 30.8. The molecule has 0 unspecified atom stereocenters. The zero-order valence-corrected chi connectivity index (χ0v) is 8.32. The van der Waals surface area contributed by atoms with Crippen LogP contribution in [-0.4, -0.2) is 49.7 Å². The molecule has 0 aliphatic rings. The van der Waals surface area contributed by atoms with Crippen LogP contribution in [0.4, 0.5) is 0 Å². The predicted molar refractivity (Wildman–Crippen MR) is 56.4 cm³/mol. The molecule has 0 atom stereocenters. The number of benzene rings is 1. The fraction of sp³-hybridized carbons (Fsp3) is 0.250. The van der Waals surface area contributed by atoms with Gasteiger partial charge in [-0.15, -0.1) is 0 Å². The van der Waals surface area contributed by atoms with Crippen LogP contribution in [0, 0.1) is 0 Å². The van der Waals surface area contributed by atoms with Gasteiger partial charge in [0.15, 0.2) is 0 Å². The fourth-order valence-corrected chi connectivity index (χ4v) is 1.50. The van der Waals surface area contributed by atoms with Gasteiger partial charge in [-0.25, -0.2) is 4.18 Å². The van der Waals surface area contributed by atoms with Gasteiger partial charge in [-0.1, -0.05) is 6.07 Å². The molecule has 1 rings (SSSR count). The zero-order chi connectivity index (χ0) is 10.6. The normalized spacial score (nSPS) is 10.5. The van der Waals surface area contributed by atoms with Gasteiger partial charge in [0.25, 0.3) is 0 Å². The molecule has 0 spiro atoms. The minimum atomic E-state index is -4.01.